The average molecular weight is 312 g/mol. The lowest BCUT2D eigenvalue weighted by molar-refractivity contribution is 0.366. The van der Waals surface area contributed by atoms with Crippen LogP contribution in [0.25, 0.3) is 21.9 Å². The van der Waals surface area contributed by atoms with Gasteiger partial charge in [-0.15, -0.1) is 0 Å². The lowest BCUT2D eigenvalue weighted by Gasteiger charge is -2.15. The van der Waals surface area contributed by atoms with Crippen molar-refractivity contribution in [1.82, 2.24) is 9.55 Å². The fourth-order valence-electron chi connectivity index (χ4n) is 2.62. The highest BCUT2D eigenvalue weighted by molar-refractivity contribution is 5.97. The van der Waals surface area contributed by atoms with E-state index in [9.17, 15) is 9.90 Å². The van der Waals surface area contributed by atoms with Gasteiger partial charge in [-0.1, -0.05) is 0 Å². The normalized spacial score (nSPS) is 10.7. The first-order valence-corrected chi connectivity index (χ1v) is 6.95. The third-order valence-corrected chi connectivity index (χ3v) is 3.78. The van der Waals surface area contributed by atoms with Gasteiger partial charge in [0.1, 0.15) is 5.75 Å². The van der Waals surface area contributed by atoms with Crippen molar-refractivity contribution in [2.75, 3.05) is 14.2 Å². The summed E-state index contributed by atoms with van der Waals surface area (Å²) in [4.78, 5) is 16.3. The number of fused-ring (bicyclic) bond motifs is 1. The van der Waals surface area contributed by atoms with Crippen LogP contribution in [0.15, 0.2) is 41.6 Å². The zero-order valence-electron chi connectivity index (χ0n) is 13.0. The summed E-state index contributed by atoms with van der Waals surface area (Å²) in [5.41, 5.74) is 1.38. The second-order valence-electron chi connectivity index (χ2n) is 5.10. The summed E-state index contributed by atoms with van der Waals surface area (Å²) in [6.45, 7) is 0. The molecule has 0 atom stereocenters. The van der Waals surface area contributed by atoms with Gasteiger partial charge in [0, 0.05) is 42.8 Å². The summed E-state index contributed by atoms with van der Waals surface area (Å²) in [6, 6.07) is 4.96. The smallest absolute Gasteiger partial charge is 0.259 e. The molecule has 0 aliphatic rings. The van der Waals surface area contributed by atoms with Gasteiger partial charge in [0.2, 0.25) is 0 Å². The molecule has 0 bridgehead atoms. The van der Waals surface area contributed by atoms with Gasteiger partial charge in [-0.2, -0.15) is 0 Å². The van der Waals surface area contributed by atoms with Crippen LogP contribution in [0.1, 0.15) is 0 Å². The molecule has 0 amide bonds. The topological polar surface area (TPSA) is 73.6 Å². The Hall–Kier alpha value is -3.02. The number of hydrogen-bond donors (Lipinski definition) is 1. The number of aryl methyl sites for hydroxylation is 1. The summed E-state index contributed by atoms with van der Waals surface area (Å²) in [7, 11) is 4.69. The van der Waals surface area contributed by atoms with E-state index >= 15 is 0 Å². The van der Waals surface area contributed by atoms with E-state index in [1.165, 1.54) is 24.9 Å². The molecule has 6 nitrogen and oxygen atoms in total. The molecule has 0 aliphatic heterocycles. The van der Waals surface area contributed by atoms with Crippen molar-refractivity contribution >= 4 is 10.8 Å². The monoisotopic (exact) mass is 312 g/mol. The SMILES string of the molecule is COc1cc(-c2cn(C)c(=O)c3cnccc23)c(OC)cc1O. The number of methoxy groups -OCH3 is 2. The summed E-state index contributed by atoms with van der Waals surface area (Å²) in [6.07, 6.45) is 4.92. The molecule has 0 unspecified atom stereocenters. The van der Waals surface area contributed by atoms with Crippen molar-refractivity contribution in [3.8, 4) is 28.4 Å². The maximum absolute atomic E-state index is 12.3. The minimum absolute atomic E-state index is 0.0103. The van der Waals surface area contributed by atoms with Crippen LogP contribution in [-0.4, -0.2) is 28.9 Å². The molecule has 2 aromatic heterocycles. The van der Waals surface area contributed by atoms with Crippen molar-refractivity contribution in [2.45, 2.75) is 0 Å². The van der Waals surface area contributed by atoms with E-state index in [0.717, 1.165) is 10.9 Å². The highest BCUT2D eigenvalue weighted by atomic mass is 16.5. The summed E-state index contributed by atoms with van der Waals surface area (Å²) >= 11 is 0. The van der Waals surface area contributed by atoms with E-state index in [0.29, 0.717) is 22.4 Å². The van der Waals surface area contributed by atoms with Crippen LogP contribution in [0.4, 0.5) is 0 Å². The molecule has 0 aliphatic carbocycles. The number of ether oxygens (including phenoxy) is 2. The zero-order valence-corrected chi connectivity index (χ0v) is 13.0. The minimum Gasteiger partial charge on any atom is -0.504 e. The Labute approximate surface area is 132 Å². The Morgan fingerprint density at radius 2 is 1.83 bits per heavy atom. The van der Waals surface area contributed by atoms with Gasteiger partial charge in [-0.3, -0.25) is 9.78 Å². The fraction of sp³-hybridized carbons (Fsp3) is 0.176. The molecule has 1 N–H and O–H groups in total. The van der Waals surface area contributed by atoms with Gasteiger partial charge in [-0.25, -0.2) is 0 Å². The lowest BCUT2D eigenvalue weighted by Crippen LogP contribution is -2.16. The molecule has 1 aromatic carbocycles. The van der Waals surface area contributed by atoms with Gasteiger partial charge >= 0.3 is 0 Å². The van der Waals surface area contributed by atoms with Crippen LogP contribution in [0.3, 0.4) is 0 Å². The number of aromatic nitrogens is 2. The van der Waals surface area contributed by atoms with Crippen LogP contribution in [-0.2, 0) is 7.05 Å². The van der Waals surface area contributed by atoms with Crippen molar-refractivity contribution in [3.63, 3.8) is 0 Å². The predicted molar refractivity (Wildman–Crippen MR) is 87.2 cm³/mol. The van der Waals surface area contributed by atoms with Crippen LogP contribution >= 0.6 is 0 Å². The molecule has 3 rings (SSSR count). The second kappa shape index (κ2) is 5.64. The minimum atomic E-state index is -0.124. The zero-order chi connectivity index (χ0) is 16.6. The maximum Gasteiger partial charge on any atom is 0.259 e. The third kappa shape index (κ3) is 2.38. The molecule has 0 spiro atoms. The van der Waals surface area contributed by atoms with Gasteiger partial charge < -0.3 is 19.1 Å². The first-order valence-electron chi connectivity index (χ1n) is 6.95. The molecule has 0 saturated carbocycles. The fourth-order valence-corrected chi connectivity index (χ4v) is 2.62. The number of pyridine rings is 2. The summed E-state index contributed by atoms with van der Waals surface area (Å²) < 4.78 is 12.1. The molecular formula is C17H16N2O4. The van der Waals surface area contributed by atoms with E-state index < -0.39 is 0 Å². The van der Waals surface area contributed by atoms with Gasteiger partial charge in [0.25, 0.3) is 5.56 Å². The highest BCUT2D eigenvalue weighted by Crippen LogP contribution is 2.41. The van der Waals surface area contributed by atoms with Crippen molar-refractivity contribution in [3.05, 3.63) is 47.1 Å². The molecule has 23 heavy (non-hydrogen) atoms. The molecule has 6 heteroatoms. The van der Waals surface area contributed by atoms with Gasteiger partial charge in [0.15, 0.2) is 11.5 Å². The molecule has 3 aromatic rings. The standard InChI is InChI=1S/C17H16N2O4/c1-19-9-13(10-4-5-18-8-12(10)17(19)21)11-6-16(23-3)14(20)7-15(11)22-2/h4-9,20H,1-3H3. The van der Waals surface area contributed by atoms with Crippen molar-refractivity contribution in [1.29, 1.82) is 0 Å². The number of aromatic hydroxyl groups is 1. The van der Waals surface area contributed by atoms with Crippen LogP contribution < -0.4 is 15.0 Å². The molecule has 0 fully saturated rings. The van der Waals surface area contributed by atoms with Crippen molar-refractivity contribution < 1.29 is 14.6 Å². The third-order valence-electron chi connectivity index (χ3n) is 3.78. The Balaban J connectivity index is 2.42. The lowest BCUT2D eigenvalue weighted by atomic mass is 10.0. The number of phenols is 1. The average Bonchev–Trinajstić information content (AvgIpc) is 2.58. The van der Waals surface area contributed by atoms with Crippen molar-refractivity contribution in [2.24, 2.45) is 7.05 Å². The quantitative estimate of drug-likeness (QED) is 0.803. The Morgan fingerprint density at radius 3 is 2.52 bits per heavy atom. The first-order chi connectivity index (χ1) is 11.1. The number of rotatable bonds is 3. The molecule has 2 heterocycles. The Kier molecular flexibility index (Phi) is 3.65. The maximum atomic E-state index is 12.3. The molecule has 0 radical (unpaired) electrons. The second-order valence-corrected chi connectivity index (χ2v) is 5.10. The number of phenolic OH excluding ortho intramolecular Hbond substituents is 1. The largest absolute Gasteiger partial charge is 0.504 e. The number of benzene rings is 1. The molecule has 0 saturated heterocycles. The van der Waals surface area contributed by atoms with E-state index in [4.69, 9.17) is 9.47 Å². The molecule has 118 valence electrons. The summed E-state index contributed by atoms with van der Waals surface area (Å²) in [5, 5.41) is 11.2. The summed E-state index contributed by atoms with van der Waals surface area (Å²) in [5.74, 6) is 0.806. The van der Waals surface area contributed by atoms with Gasteiger partial charge in [0.05, 0.1) is 19.6 Å². The van der Waals surface area contributed by atoms with Crippen LogP contribution in [0.5, 0.6) is 17.2 Å². The Morgan fingerprint density at radius 1 is 1.09 bits per heavy atom. The first kappa shape index (κ1) is 14.9. The Bertz CT molecular complexity index is 947. The van der Waals surface area contributed by atoms with Crippen LogP contribution in [0, 0.1) is 0 Å². The van der Waals surface area contributed by atoms with E-state index in [2.05, 4.69) is 4.98 Å². The predicted octanol–water partition coefficient (Wildman–Crippen LogP) is 2.32. The molecular weight excluding hydrogens is 296 g/mol. The van der Waals surface area contributed by atoms with E-state index in [1.54, 1.807) is 37.8 Å². The highest BCUT2D eigenvalue weighted by Gasteiger charge is 2.16. The van der Waals surface area contributed by atoms with Crippen LogP contribution in [0.2, 0.25) is 0 Å². The van der Waals surface area contributed by atoms with E-state index in [-0.39, 0.29) is 11.3 Å². The van der Waals surface area contributed by atoms with E-state index in [1.807, 2.05) is 0 Å². The van der Waals surface area contributed by atoms with Gasteiger partial charge in [-0.05, 0) is 17.5 Å². The number of nitrogens with zero attached hydrogens (tertiary/aromatic N) is 2. The number of hydrogen-bond acceptors (Lipinski definition) is 5.